The quantitative estimate of drug-likeness (QED) is 0.813. The molecule has 1 rings (SSSR count). The molecule has 4 heteroatoms. The molecule has 0 aliphatic rings. The molecule has 1 aromatic heterocycles. The van der Waals surface area contributed by atoms with E-state index in [0.717, 1.165) is 0 Å². The van der Waals surface area contributed by atoms with Gasteiger partial charge in [-0.2, -0.15) is 0 Å². The van der Waals surface area contributed by atoms with Crippen molar-refractivity contribution in [1.82, 2.24) is 10.3 Å². The van der Waals surface area contributed by atoms with Gasteiger partial charge < -0.3 is 11.1 Å². The molecule has 0 fully saturated rings. The second-order valence-corrected chi connectivity index (χ2v) is 4.39. The minimum absolute atomic E-state index is 0.155. The molecule has 4 nitrogen and oxygen atoms in total. The van der Waals surface area contributed by atoms with Crippen LogP contribution in [0.25, 0.3) is 0 Å². The van der Waals surface area contributed by atoms with E-state index in [2.05, 4.69) is 31.1 Å². The van der Waals surface area contributed by atoms with Gasteiger partial charge in [0, 0.05) is 24.6 Å². The third kappa shape index (κ3) is 3.22. The predicted octanol–water partition coefficient (Wildman–Crippen LogP) is 1.69. The standard InChI is InChI=1S/C12H19N3O/c1-8(2)9(3)6-15-12(16)10-7-14-5-4-11(10)13/h4-5,7-9H,6H2,1-3H3,(H2,13,14)(H,15,16). The van der Waals surface area contributed by atoms with Crippen LogP contribution in [-0.2, 0) is 0 Å². The summed E-state index contributed by atoms with van der Waals surface area (Å²) in [6, 6.07) is 1.63. The monoisotopic (exact) mass is 221 g/mol. The summed E-state index contributed by atoms with van der Waals surface area (Å²) in [5.41, 5.74) is 6.59. The number of nitrogens with two attached hydrogens (primary N) is 1. The molecule has 0 saturated heterocycles. The molecular formula is C12H19N3O. The summed E-state index contributed by atoms with van der Waals surface area (Å²) < 4.78 is 0. The Morgan fingerprint density at radius 3 is 2.75 bits per heavy atom. The summed E-state index contributed by atoms with van der Waals surface area (Å²) in [4.78, 5) is 15.6. The van der Waals surface area contributed by atoms with Crippen molar-refractivity contribution in [3.05, 3.63) is 24.0 Å². The van der Waals surface area contributed by atoms with Crippen LogP contribution >= 0.6 is 0 Å². The van der Waals surface area contributed by atoms with Gasteiger partial charge in [0.25, 0.3) is 5.91 Å². The van der Waals surface area contributed by atoms with Crippen LogP contribution in [0.2, 0.25) is 0 Å². The first-order valence-corrected chi connectivity index (χ1v) is 5.50. The highest BCUT2D eigenvalue weighted by molar-refractivity contribution is 5.98. The van der Waals surface area contributed by atoms with E-state index >= 15 is 0 Å². The zero-order valence-corrected chi connectivity index (χ0v) is 10.0. The normalized spacial score (nSPS) is 12.5. The van der Waals surface area contributed by atoms with E-state index in [1.807, 2.05) is 0 Å². The molecule has 16 heavy (non-hydrogen) atoms. The molecule has 3 N–H and O–H groups in total. The number of carbonyl (C=O) groups excluding carboxylic acids is 1. The lowest BCUT2D eigenvalue weighted by molar-refractivity contribution is 0.0945. The van der Waals surface area contributed by atoms with Gasteiger partial charge in [-0.1, -0.05) is 20.8 Å². The summed E-state index contributed by atoms with van der Waals surface area (Å²) in [7, 11) is 0. The molecule has 1 aromatic rings. The second kappa shape index (κ2) is 5.49. The molecule has 0 saturated carbocycles. The zero-order chi connectivity index (χ0) is 12.1. The van der Waals surface area contributed by atoms with E-state index in [9.17, 15) is 4.79 Å². The highest BCUT2D eigenvalue weighted by atomic mass is 16.1. The average molecular weight is 221 g/mol. The number of carbonyl (C=O) groups is 1. The van der Waals surface area contributed by atoms with Gasteiger partial charge in [0.05, 0.1) is 5.56 Å². The highest BCUT2D eigenvalue weighted by Crippen LogP contribution is 2.10. The molecule has 1 unspecified atom stereocenters. The van der Waals surface area contributed by atoms with Crippen LogP contribution in [0.3, 0.4) is 0 Å². The van der Waals surface area contributed by atoms with E-state index in [1.165, 1.54) is 6.20 Å². The number of nitrogens with zero attached hydrogens (tertiary/aromatic N) is 1. The van der Waals surface area contributed by atoms with Gasteiger partial charge in [0.2, 0.25) is 0 Å². The molecular weight excluding hydrogens is 202 g/mol. The summed E-state index contributed by atoms with van der Waals surface area (Å²) in [5, 5.41) is 2.86. The second-order valence-electron chi connectivity index (χ2n) is 4.39. The van der Waals surface area contributed by atoms with Gasteiger partial charge in [-0.3, -0.25) is 9.78 Å². The first-order chi connectivity index (χ1) is 7.52. The van der Waals surface area contributed by atoms with E-state index in [-0.39, 0.29) is 5.91 Å². The number of amides is 1. The molecule has 0 aliphatic carbocycles. The van der Waals surface area contributed by atoms with Gasteiger partial charge in [0.1, 0.15) is 0 Å². The number of nitrogen functional groups attached to an aromatic ring is 1. The summed E-state index contributed by atoms with van der Waals surface area (Å²) in [6.45, 7) is 7.03. The Bertz CT molecular complexity index is 363. The lowest BCUT2D eigenvalue weighted by atomic mass is 9.98. The fraction of sp³-hybridized carbons (Fsp3) is 0.500. The van der Waals surface area contributed by atoms with Crippen LogP contribution < -0.4 is 11.1 Å². The first kappa shape index (κ1) is 12.5. The fourth-order valence-electron chi connectivity index (χ4n) is 1.18. The maximum atomic E-state index is 11.8. The number of pyridine rings is 1. The molecule has 1 amide bonds. The third-order valence-electron chi connectivity index (χ3n) is 2.82. The molecule has 0 aromatic carbocycles. The lowest BCUT2D eigenvalue weighted by Crippen LogP contribution is -2.30. The predicted molar refractivity (Wildman–Crippen MR) is 65.0 cm³/mol. The largest absolute Gasteiger partial charge is 0.398 e. The number of anilines is 1. The average Bonchev–Trinajstić information content (AvgIpc) is 2.25. The van der Waals surface area contributed by atoms with Gasteiger partial charge in [-0.05, 0) is 17.9 Å². The van der Waals surface area contributed by atoms with Crippen LogP contribution in [0.5, 0.6) is 0 Å². The zero-order valence-electron chi connectivity index (χ0n) is 10.0. The lowest BCUT2D eigenvalue weighted by Gasteiger charge is -2.16. The Kier molecular flexibility index (Phi) is 4.28. The molecule has 1 heterocycles. The van der Waals surface area contributed by atoms with Crippen molar-refractivity contribution >= 4 is 11.6 Å². The summed E-state index contributed by atoms with van der Waals surface area (Å²) in [5.74, 6) is 0.839. The van der Waals surface area contributed by atoms with Crippen LogP contribution in [0.15, 0.2) is 18.5 Å². The van der Waals surface area contributed by atoms with Gasteiger partial charge in [-0.25, -0.2) is 0 Å². The molecule has 1 atom stereocenters. The Morgan fingerprint density at radius 1 is 1.50 bits per heavy atom. The molecule has 0 bridgehead atoms. The van der Waals surface area contributed by atoms with Gasteiger partial charge in [0.15, 0.2) is 0 Å². The van der Waals surface area contributed by atoms with Crippen molar-refractivity contribution in [3.8, 4) is 0 Å². The first-order valence-electron chi connectivity index (χ1n) is 5.50. The van der Waals surface area contributed by atoms with E-state index in [0.29, 0.717) is 29.6 Å². The van der Waals surface area contributed by atoms with Crippen molar-refractivity contribution < 1.29 is 4.79 Å². The maximum absolute atomic E-state index is 11.8. The maximum Gasteiger partial charge on any atom is 0.254 e. The van der Waals surface area contributed by atoms with Crippen molar-refractivity contribution in [2.75, 3.05) is 12.3 Å². The number of rotatable bonds is 4. The molecule has 0 spiro atoms. The van der Waals surface area contributed by atoms with Crippen LogP contribution in [0, 0.1) is 11.8 Å². The van der Waals surface area contributed by atoms with Crippen molar-refractivity contribution in [3.63, 3.8) is 0 Å². The minimum atomic E-state index is -0.155. The van der Waals surface area contributed by atoms with Crippen LogP contribution in [0.1, 0.15) is 31.1 Å². The Labute approximate surface area is 96.3 Å². The number of aromatic nitrogens is 1. The van der Waals surface area contributed by atoms with Crippen LogP contribution in [0.4, 0.5) is 5.69 Å². The van der Waals surface area contributed by atoms with Gasteiger partial charge in [-0.15, -0.1) is 0 Å². The molecule has 0 aliphatic heterocycles. The summed E-state index contributed by atoms with van der Waals surface area (Å²) >= 11 is 0. The molecule has 88 valence electrons. The number of hydrogen-bond acceptors (Lipinski definition) is 3. The Balaban J connectivity index is 2.57. The minimum Gasteiger partial charge on any atom is -0.398 e. The van der Waals surface area contributed by atoms with Crippen molar-refractivity contribution in [2.45, 2.75) is 20.8 Å². The highest BCUT2D eigenvalue weighted by Gasteiger charge is 2.12. The SMILES string of the molecule is CC(C)C(C)CNC(=O)c1cnccc1N. The van der Waals surface area contributed by atoms with Crippen molar-refractivity contribution in [1.29, 1.82) is 0 Å². The smallest absolute Gasteiger partial charge is 0.254 e. The topological polar surface area (TPSA) is 68.0 Å². The molecule has 0 radical (unpaired) electrons. The summed E-state index contributed by atoms with van der Waals surface area (Å²) in [6.07, 6.45) is 3.06. The van der Waals surface area contributed by atoms with Crippen molar-refractivity contribution in [2.24, 2.45) is 11.8 Å². The number of hydrogen-bond donors (Lipinski definition) is 2. The Morgan fingerprint density at radius 2 is 2.19 bits per heavy atom. The fourth-order valence-corrected chi connectivity index (χ4v) is 1.18. The Hall–Kier alpha value is -1.58. The van der Waals surface area contributed by atoms with Gasteiger partial charge >= 0.3 is 0 Å². The van der Waals surface area contributed by atoms with E-state index in [4.69, 9.17) is 5.73 Å². The van der Waals surface area contributed by atoms with E-state index in [1.54, 1.807) is 12.3 Å². The van der Waals surface area contributed by atoms with E-state index < -0.39 is 0 Å². The third-order valence-corrected chi connectivity index (χ3v) is 2.82. The van der Waals surface area contributed by atoms with Crippen LogP contribution in [-0.4, -0.2) is 17.4 Å². The number of nitrogens with one attached hydrogen (secondary N) is 1.